The number of rotatable bonds is 5. The summed E-state index contributed by atoms with van der Waals surface area (Å²) in [6, 6.07) is 7.30. The van der Waals surface area contributed by atoms with E-state index in [1.165, 1.54) is 0 Å². The molecule has 1 saturated heterocycles. The number of methoxy groups -OCH3 is 1. The second-order valence-corrected chi connectivity index (χ2v) is 7.44. The Morgan fingerprint density at radius 1 is 1.31 bits per heavy atom. The van der Waals surface area contributed by atoms with Gasteiger partial charge in [0.25, 0.3) is 5.91 Å². The summed E-state index contributed by atoms with van der Waals surface area (Å²) in [4.78, 5) is 23.9. The van der Waals surface area contributed by atoms with Crippen molar-refractivity contribution in [1.29, 1.82) is 0 Å². The van der Waals surface area contributed by atoms with Gasteiger partial charge in [0.15, 0.2) is 0 Å². The minimum Gasteiger partial charge on any atom is -0.497 e. The van der Waals surface area contributed by atoms with Crippen LogP contribution in [-0.2, 0) is 6.42 Å². The number of benzene rings is 1. The van der Waals surface area contributed by atoms with E-state index < -0.39 is 0 Å². The lowest BCUT2D eigenvalue weighted by molar-refractivity contribution is 0.0786. The van der Waals surface area contributed by atoms with Crippen molar-refractivity contribution in [3.05, 3.63) is 59.4 Å². The van der Waals surface area contributed by atoms with E-state index in [1.807, 2.05) is 36.9 Å². The molecule has 7 heteroatoms. The Morgan fingerprint density at radius 2 is 2.17 bits per heavy atom. The first-order valence-corrected chi connectivity index (χ1v) is 9.72. The van der Waals surface area contributed by atoms with Gasteiger partial charge in [-0.25, -0.2) is 4.98 Å². The Balaban J connectivity index is 1.44. The van der Waals surface area contributed by atoms with Crippen LogP contribution in [0.15, 0.2) is 41.2 Å². The van der Waals surface area contributed by atoms with Crippen LogP contribution in [0, 0.1) is 19.8 Å². The number of ether oxygens (including phenoxy) is 1. The molecule has 1 unspecified atom stereocenters. The Morgan fingerprint density at radius 3 is 2.93 bits per heavy atom. The number of carbonyl (C=O) groups excluding carboxylic acids is 1. The number of nitrogens with zero attached hydrogens (tertiary/aromatic N) is 4. The molecule has 3 heterocycles. The molecule has 7 nitrogen and oxygen atoms in total. The first-order valence-electron chi connectivity index (χ1n) is 9.72. The highest BCUT2D eigenvalue weighted by atomic mass is 16.5. The van der Waals surface area contributed by atoms with Crippen LogP contribution < -0.4 is 4.74 Å². The van der Waals surface area contributed by atoms with Crippen molar-refractivity contribution in [3.8, 4) is 17.0 Å². The summed E-state index contributed by atoms with van der Waals surface area (Å²) in [5, 5.41) is 4.00. The molecule has 1 fully saturated rings. The van der Waals surface area contributed by atoms with Crippen LogP contribution in [0.25, 0.3) is 11.3 Å². The van der Waals surface area contributed by atoms with E-state index in [0.29, 0.717) is 23.8 Å². The zero-order valence-electron chi connectivity index (χ0n) is 16.9. The van der Waals surface area contributed by atoms with Crippen LogP contribution in [0.2, 0.25) is 0 Å². The van der Waals surface area contributed by atoms with E-state index in [-0.39, 0.29) is 5.91 Å². The fraction of sp³-hybridized carbons (Fsp3) is 0.364. The van der Waals surface area contributed by atoms with Gasteiger partial charge >= 0.3 is 0 Å². The maximum Gasteiger partial charge on any atom is 0.253 e. The van der Waals surface area contributed by atoms with Crippen LogP contribution in [0.1, 0.15) is 33.9 Å². The molecular formula is C22H24N4O3. The molecule has 0 saturated carbocycles. The first-order chi connectivity index (χ1) is 14.0. The van der Waals surface area contributed by atoms with E-state index in [9.17, 15) is 4.79 Å². The Labute approximate surface area is 169 Å². The summed E-state index contributed by atoms with van der Waals surface area (Å²) >= 11 is 0. The van der Waals surface area contributed by atoms with E-state index in [4.69, 9.17) is 14.2 Å². The third-order valence-electron chi connectivity index (χ3n) is 5.36. The van der Waals surface area contributed by atoms with Gasteiger partial charge in [0.1, 0.15) is 11.5 Å². The summed E-state index contributed by atoms with van der Waals surface area (Å²) in [6.45, 7) is 5.24. The van der Waals surface area contributed by atoms with Crippen LogP contribution in [0.4, 0.5) is 0 Å². The molecule has 3 aromatic rings. The SMILES string of the molecule is COc1cccc(C(=O)N2CCC(Cc3cncc(-c4c(C)noc4C)n3)C2)c1. The highest BCUT2D eigenvalue weighted by molar-refractivity contribution is 5.94. The fourth-order valence-corrected chi connectivity index (χ4v) is 3.89. The molecular weight excluding hydrogens is 368 g/mol. The molecule has 29 heavy (non-hydrogen) atoms. The summed E-state index contributed by atoms with van der Waals surface area (Å²) in [7, 11) is 1.60. The average Bonchev–Trinajstić information content (AvgIpc) is 3.34. The first kappa shape index (κ1) is 19.1. The molecule has 0 aliphatic carbocycles. The van der Waals surface area contributed by atoms with Gasteiger partial charge in [-0.15, -0.1) is 0 Å². The molecule has 0 bridgehead atoms. The number of likely N-dealkylation sites (tertiary alicyclic amines) is 1. The fourth-order valence-electron chi connectivity index (χ4n) is 3.89. The number of aromatic nitrogens is 3. The maximum absolute atomic E-state index is 12.8. The Hall–Kier alpha value is -3.22. The van der Waals surface area contributed by atoms with Crippen molar-refractivity contribution in [1.82, 2.24) is 20.0 Å². The van der Waals surface area contributed by atoms with Crippen LogP contribution in [0.3, 0.4) is 0 Å². The highest BCUT2D eigenvalue weighted by Gasteiger charge is 2.28. The minimum absolute atomic E-state index is 0.0435. The van der Waals surface area contributed by atoms with Crippen molar-refractivity contribution in [2.75, 3.05) is 20.2 Å². The van der Waals surface area contributed by atoms with E-state index >= 15 is 0 Å². The predicted octanol–water partition coefficient (Wildman–Crippen LogP) is 3.46. The van der Waals surface area contributed by atoms with Crippen LogP contribution in [0.5, 0.6) is 5.75 Å². The molecule has 150 valence electrons. The van der Waals surface area contributed by atoms with Gasteiger partial charge in [0.05, 0.1) is 36.0 Å². The topological polar surface area (TPSA) is 81.4 Å². The standard InChI is InChI=1S/C22H24N4O3/c1-14-21(15(2)29-25-14)20-12-23-11-18(24-20)9-16-7-8-26(13-16)22(27)17-5-4-6-19(10-17)28-3/h4-6,10-12,16H,7-9,13H2,1-3H3. The number of amides is 1. The van der Waals surface area contributed by atoms with Gasteiger partial charge < -0.3 is 14.2 Å². The van der Waals surface area contributed by atoms with Crippen LogP contribution >= 0.6 is 0 Å². The summed E-state index contributed by atoms with van der Waals surface area (Å²) < 4.78 is 10.5. The van der Waals surface area contributed by atoms with Crippen molar-refractivity contribution in [3.63, 3.8) is 0 Å². The van der Waals surface area contributed by atoms with Crippen LogP contribution in [-0.4, -0.2) is 46.1 Å². The van der Waals surface area contributed by atoms with Gasteiger partial charge in [-0.3, -0.25) is 9.78 Å². The van der Waals surface area contributed by atoms with E-state index in [0.717, 1.165) is 47.8 Å². The van der Waals surface area contributed by atoms with Gasteiger partial charge in [0.2, 0.25) is 0 Å². The smallest absolute Gasteiger partial charge is 0.253 e. The van der Waals surface area contributed by atoms with Gasteiger partial charge in [-0.1, -0.05) is 11.2 Å². The van der Waals surface area contributed by atoms with Gasteiger partial charge in [-0.05, 0) is 50.8 Å². The zero-order chi connectivity index (χ0) is 20.4. The van der Waals surface area contributed by atoms with Crippen molar-refractivity contribution in [2.45, 2.75) is 26.7 Å². The monoisotopic (exact) mass is 392 g/mol. The quantitative estimate of drug-likeness (QED) is 0.661. The predicted molar refractivity (Wildman–Crippen MR) is 108 cm³/mol. The van der Waals surface area contributed by atoms with Gasteiger partial charge in [-0.2, -0.15) is 0 Å². The summed E-state index contributed by atoms with van der Waals surface area (Å²) in [5.74, 6) is 1.84. The van der Waals surface area contributed by atoms with E-state index in [1.54, 1.807) is 25.6 Å². The maximum atomic E-state index is 12.8. The minimum atomic E-state index is 0.0435. The Kier molecular flexibility index (Phi) is 5.29. The lowest BCUT2D eigenvalue weighted by Gasteiger charge is -2.17. The molecule has 0 spiro atoms. The molecule has 2 aromatic heterocycles. The van der Waals surface area contributed by atoms with Crippen molar-refractivity contribution >= 4 is 5.91 Å². The molecule has 1 atom stereocenters. The normalized spacial score (nSPS) is 16.2. The largest absolute Gasteiger partial charge is 0.497 e. The summed E-state index contributed by atoms with van der Waals surface area (Å²) in [5.41, 5.74) is 4.07. The van der Waals surface area contributed by atoms with Crippen molar-refractivity contribution < 1.29 is 14.1 Å². The molecule has 1 aliphatic rings. The molecule has 1 aromatic carbocycles. The second-order valence-electron chi connectivity index (χ2n) is 7.44. The number of hydrogen-bond acceptors (Lipinski definition) is 6. The average molecular weight is 392 g/mol. The molecule has 4 rings (SSSR count). The second kappa shape index (κ2) is 8.03. The van der Waals surface area contributed by atoms with Crippen molar-refractivity contribution in [2.24, 2.45) is 5.92 Å². The lowest BCUT2D eigenvalue weighted by atomic mass is 10.0. The molecule has 1 amide bonds. The summed E-state index contributed by atoms with van der Waals surface area (Å²) in [6.07, 6.45) is 5.27. The number of hydrogen-bond donors (Lipinski definition) is 0. The molecule has 1 aliphatic heterocycles. The van der Waals surface area contributed by atoms with Gasteiger partial charge in [0, 0.05) is 24.8 Å². The Bertz CT molecular complexity index is 1010. The lowest BCUT2D eigenvalue weighted by Crippen LogP contribution is -2.29. The van der Waals surface area contributed by atoms with E-state index in [2.05, 4.69) is 10.1 Å². The molecule has 0 radical (unpaired) electrons. The third-order valence-corrected chi connectivity index (χ3v) is 5.36. The highest BCUT2D eigenvalue weighted by Crippen LogP contribution is 2.26. The third kappa shape index (κ3) is 3.99. The number of carbonyl (C=O) groups is 1. The number of aryl methyl sites for hydroxylation is 2. The molecule has 0 N–H and O–H groups in total. The zero-order valence-corrected chi connectivity index (χ0v) is 16.9.